The van der Waals surface area contributed by atoms with Crippen LogP contribution in [0.25, 0.3) is 0 Å². The van der Waals surface area contributed by atoms with Gasteiger partial charge in [0.15, 0.2) is 12.1 Å². The molecule has 3 rings (SSSR count). The molecule has 0 spiro atoms. The summed E-state index contributed by atoms with van der Waals surface area (Å²) in [6, 6.07) is -2.26. The number of esters is 1. The molecule has 3 aliphatic heterocycles. The summed E-state index contributed by atoms with van der Waals surface area (Å²) in [6.07, 6.45) is 4.85. The third kappa shape index (κ3) is 24.9. The van der Waals surface area contributed by atoms with Crippen LogP contribution in [-0.2, 0) is 33.3 Å². The molecule has 0 aromatic heterocycles. The van der Waals surface area contributed by atoms with Gasteiger partial charge in [0, 0.05) is 44.2 Å². The molecule has 2 saturated heterocycles. The van der Waals surface area contributed by atoms with Crippen molar-refractivity contribution in [2.45, 2.75) is 202 Å². The summed E-state index contributed by atoms with van der Waals surface area (Å²) in [7, 11) is 3.62. The van der Waals surface area contributed by atoms with Crippen molar-refractivity contribution in [2.24, 2.45) is 29.2 Å². The summed E-state index contributed by atoms with van der Waals surface area (Å²) in [5.41, 5.74) is 11.7. The quantitative estimate of drug-likeness (QED) is 0.0897. The Bertz CT molecular complexity index is 2020. The van der Waals surface area contributed by atoms with E-state index in [2.05, 4.69) is 10.6 Å². The molecule has 22 heteroatoms. The number of nitrogens with zero attached hydrogens (tertiary/aromatic N) is 1. The number of allylic oxidation sites excluding steroid dienone is 12. The Morgan fingerprint density at radius 3 is 1.92 bits per heavy atom. The largest absolute Gasteiger partial charge is 0.462 e. The molecule has 0 unspecified atom stereocenters. The molecule has 3 heterocycles. The van der Waals surface area contributed by atoms with E-state index in [1.165, 1.54) is 6.92 Å². The van der Waals surface area contributed by atoms with Crippen molar-refractivity contribution < 1.29 is 84.4 Å². The van der Waals surface area contributed by atoms with E-state index in [9.17, 15) is 65.4 Å². The van der Waals surface area contributed by atoms with E-state index >= 15 is 0 Å². The Hall–Kier alpha value is -4.05. The number of fused-ring (bicyclic) bond motifs is 2. The first kappa shape index (κ1) is 69.2. The maximum absolute atomic E-state index is 14.0. The summed E-state index contributed by atoms with van der Waals surface area (Å²) in [5, 5.41) is 117. The van der Waals surface area contributed by atoms with E-state index in [-0.39, 0.29) is 44.6 Å². The Balaban J connectivity index is 2.00. The molecule has 2 amide bonds. The third-order valence-electron chi connectivity index (χ3n) is 14.5. The zero-order valence-electron chi connectivity index (χ0n) is 46.9. The van der Waals surface area contributed by atoms with Gasteiger partial charge >= 0.3 is 5.97 Å². The van der Waals surface area contributed by atoms with Crippen LogP contribution < -0.4 is 22.1 Å². The number of amides is 2. The molecular weight excluding hydrogens is 1030 g/mol. The lowest BCUT2D eigenvalue weighted by Crippen LogP contribution is -2.65. The molecule has 3 aliphatic rings. The summed E-state index contributed by atoms with van der Waals surface area (Å²) >= 11 is 0. The zero-order chi connectivity index (χ0) is 58.8. The second-order valence-electron chi connectivity index (χ2n) is 21.7. The fourth-order valence-electron chi connectivity index (χ4n) is 9.54. The standard InChI is InChI=1S/C57H95N5O17/c1-35-21-17-15-13-11-9-7-8-10-12-14-16-18-22-42(78-56-53(72)50(52(71)38(4)77-56)61-54(73)43(59)23-19-20-26-58)32-47-49(55(74)60-27-28-62(5)6)46(68)34-57(75,79-47)33-45(67)44(66)25-24-39(63)29-40(64)30-41(65)31-48(69)76-37(3)36(2)51(35)70/h7-18,21-22,35-47,49-53,56,63-68,70-72,75H,19-20,23-34,58-59H2,1-6H3,(H,60,74)(H,61,73)/b8-7+,11-9+,12-10+,15-13+,16-14+,21-17+,22-18+/t35-,36-,37-,38+,39+,40+,41+,42-,43-,44+,45+,46-,47-,49+,50-,51+,52+,53-,56-,57+/m0/s1. The number of aliphatic hydroxyl groups is 10. The second kappa shape index (κ2) is 35.7. The molecular formula is C57H95N5O17. The maximum Gasteiger partial charge on any atom is 0.308 e. The number of carbonyl (C=O) groups excluding carboxylic acids is 3. The first-order valence-electron chi connectivity index (χ1n) is 27.8. The predicted molar refractivity (Wildman–Crippen MR) is 296 cm³/mol. The fourth-order valence-corrected chi connectivity index (χ4v) is 9.54. The lowest BCUT2D eigenvalue weighted by molar-refractivity contribution is -0.309. The van der Waals surface area contributed by atoms with Crippen molar-refractivity contribution >= 4 is 17.8 Å². The average Bonchev–Trinajstić information content (AvgIpc) is 3.38. The van der Waals surface area contributed by atoms with Gasteiger partial charge in [0.05, 0.1) is 85.5 Å². The van der Waals surface area contributed by atoms with E-state index in [0.717, 1.165) is 0 Å². The lowest BCUT2D eigenvalue weighted by Gasteiger charge is -2.46. The molecule has 0 aromatic rings. The van der Waals surface area contributed by atoms with E-state index < -0.39 is 152 Å². The summed E-state index contributed by atoms with van der Waals surface area (Å²) < 4.78 is 24.1. The number of hydrogen-bond donors (Lipinski definition) is 14. The number of likely N-dealkylation sites (N-methyl/N-ethyl adjacent to an activating group) is 1. The third-order valence-corrected chi connectivity index (χ3v) is 14.5. The Morgan fingerprint density at radius 1 is 0.734 bits per heavy atom. The molecule has 450 valence electrons. The monoisotopic (exact) mass is 1120 g/mol. The van der Waals surface area contributed by atoms with Crippen LogP contribution in [0.15, 0.2) is 85.1 Å². The highest BCUT2D eigenvalue weighted by atomic mass is 16.7. The van der Waals surface area contributed by atoms with Gasteiger partial charge in [0.2, 0.25) is 11.8 Å². The topological polar surface area (TPSA) is 370 Å². The number of aliphatic hydroxyl groups excluding tert-OH is 9. The minimum Gasteiger partial charge on any atom is -0.462 e. The highest BCUT2D eigenvalue weighted by molar-refractivity contribution is 5.82. The van der Waals surface area contributed by atoms with E-state index in [1.807, 2.05) is 50.2 Å². The molecule has 2 fully saturated rings. The van der Waals surface area contributed by atoms with E-state index in [0.29, 0.717) is 32.4 Å². The molecule has 16 N–H and O–H groups in total. The van der Waals surface area contributed by atoms with Crippen LogP contribution in [0.1, 0.15) is 98.3 Å². The number of nitrogens with two attached hydrogens (primary N) is 2. The second-order valence-corrected chi connectivity index (χ2v) is 21.7. The number of ether oxygens (including phenoxy) is 4. The van der Waals surface area contributed by atoms with Gasteiger partial charge in [-0.2, -0.15) is 0 Å². The summed E-state index contributed by atoms with van der Waals surface area (Å²) in [6.45, 7) is 7.79. The van der Waals surface area contributed by atoms with Gasteiger partial charge in [-0.15, -0.1) is 0 Å². The molecule has 0 radical (unpaired) electrons. The van der Waals surface area contributed by atoms with Crippen LogP contribution in [-0.4, -0.2) is 211 Å². The van der Waals surface area contributed by atoms with Gasteiger partial charge in [0.1, 0.15) is 18.3 Å². The zero-order valence-corrected chi connectivity index (χ0v) is 46.9. The maximum atomic E-state index is 14.0. The molecule has 79 heavy (non-hydrogen) atoms. The predicted octanol–water partition coefficient (Wildman–Crippen LogP) is -0.0813. The van der Waals surface area contributed by atoms with Crippen LogP contribution in [0, 0.1) is 17.8 Å². The first-order chi connectivity index (χ1) is 37.4. The molecule has 0 saturated carbocycles. The fraction of sp³-hybridized carbons (Fsp3) is 0.702. The van der Waals surface area contributed by atoms with Crippen molar-refractivity contribution in [1.82, 2.24) is 15.5 Å². The Morgan fingerprint density at radius 2 is 1.32 bits per heavy atom. The van der Waals surface area contributed by atoms with Crippen LogP contribution in [0.5, 0.6) is 0 Å². The number of unbranched alkanes of at least 4 members (excludes halogenated alkanes) is 1. The minimum atomic E-state index is -2.35. The molecule has 2 bridgehead atoms. The number of nitrogens with one attached hydrogen (secondary N) is 2. The van der Waals surface area contributed by atoms with Gasteiger partial charge in [0.25, 0.3) is 0 Å². The number of cyclic esters (lactones) is 1. The molecule has 0 aromatic carbocycles. The SMILES string of the molecule is C[C@@H]1[C@H](O)[C@@H](C)/C=C/C=C/C=C/C=C/C=C/C=C/C=C/[C@H](O[C@@H]2O[C@H](C)[C@@H](O)[C@H](NC(=O)[C@@H](N)CCCCN)[C@@H]2O)C[C@@H]2O[C@](O)(C[C@@H](O)[C@H](O)CC[C@@H](O)C[C@@H](O)C[C@@H](O)CC(=O)O[C@H]1C)C[C@H](O)[C@H]2C(=O)NCCN(C)C. The molecule has 20 atom stereocenters. The molecule has 0 aliphatic carbocycles. The van der Waals surface area contributed by atoms with Crippen molar-refractivity contribution in [3.05, 3.63) is 85.1 Å². The Labute approximate surface area is 466 Å². The summed E-state index contributed by atoms with van der Waals surface area (Å²) in [5.74, 6) is -6.43. The van der Waals surface area contributed by atoms with Crippen molar-refractivity contribution in [1.29, 1.82) is 0 Å². The van der Waals surface area contributed by atoms with Crippen LogP contribution >= 0.6 is 0 Å². The number of rotatable bonds is 12. The van der Waals surface area contributed by atoms with Gasteiger partial charge in [-0.3, -0.25) is 14.4 Å². The van der Waals surface area contributed by atoms with Crippen molar-refractivity contribution in [3.8, 4) is 0 Å². The normalized spacial score (nSPS) is 39.9. The van der Waals surface area contributed by atoms with E-state index in [1.54, 1.807) is 74.6 Å². The van der Waals surface area contributed by atoms with Gasteiger partial charge in [-0.05, 0) is 73.0 Å². The lowest BCUT2D eigenvalue weighted by atomic mass is 9.82. The van der Waals surface area contributed by atoms with E-state index in [4.69, 9.17) is 30.4 Å². The smallest absolute Gasteiger partial charge is 0.308 e. The highest BCUT2D eigenvalue weighted by Gasteiger charge is 2.51. The number of hydrogen-bond acceptors (Lipinski definition) is 20. The van der Waals surface area contributed by atoms with Crippen LogP contribution in [0.4, 0.5) is 0 Å². The van der Waals surface area contributed by atoms with Crippen LogP contribution in [0.2, 0.25) is 0 Å². The average molecular weight is 1120 g/mol. The Kier molecular flexibility index (Phi) is 31.3. The van der Waals surface area contributed by atoms with Gasteiger partial charge in [-0.1, -0.05) is 105 Å². The van der Waals surface area contributed by atoms with Gasteiger partial charge in [-0.25, -0.2) is 0 Å². The summed E-state index contributed by atoms with van der Waals surface area (Å²) in [4.78, 5) is 41.7. The first-order valence-corrected chi connectivity index (χ1v) is 27.8. The van der Waals surface area contributed by atoms with Crippen molar-refractivity contribution in [2.75, 3.05) is 33.7 Å². The van der Waals surface area contributed by atoms with Gasteiger partial charge < -0.3 is 97.0 Å². The van der Waals surface area contributed by atoms with Crippen LogP contribution in [0.3, 0.4) is 0 Å². The highest BCUT2D eigenvalue weighted by Crippen LogP contribution is 2.38. The number of carbonyl (C=O) groups is 3. The van der Waals surface area contributed by atoms with Crippen molar-refractivity contribution in [3.63, 3.8) is 0 Å². The minimum absolute atomic E-state index is 0.144. The molecule has 22 nitrogen and oxygen atoms in total.